The summed E-state index contributed by atoms with van der Waals surface area (Å²) in [6.07, 6.45) is 3.99. The van der Waals surface area contributed by atoms with E-state index < -0.39 is 0 Å². The molecule has 0 aromatic carbocycles. The van der Waals surface area contributed by atoms with E-state index in [4.69, 9.17) is 0 Å². The van der Waals surface area contributed by atoms with Gasteiger partial charge in [-0.2, -0.15) is 0 Å². The van der Waals surface area contributed by atoms with Crippen LogP contribution in [0.3, 0.4) is 0 Å². The lowest BCUT2D eigenvalue weighted by Gasteiger charge is -2.39. The number of carbonyl (C=O) groups excluding carboxylic acids is 1. The van der Waals surface area contributed by atoms with Gasteiger partial charge in [-0.25, -0.2) is 0 Å². The molecule has 2 saturated carbocycles. The molecule has 5 heteroatoms. The third-order valence-corrected chi connectivity index (χ3v) is 7.55. The third kappa shape index (κ3) is 2.25. The van der Waals surface area contributed by atoms with Crippen molar-refractivity contribution in [3.63, 3.8) is 0 Å². The van der Waals surface area contributed by atoms with Gasteiger partial charge in [-0.05, 0) is 42.9 Å². The van der Waals surface area contributed by atoms with E-state index in [1.54, 1.807) is 4.57 Å². The predicted molar refractivity (Wildman–Crippen MR) is 89.1 cm³/mol. The van der Waals surface area contributed by atoms with Gasteiger partial charge in [0.1, 0.15) is 0 Å². The minimum absolute atomic E-state index is 0.0262. The van der Waals surface area contributed by atoms with Crippen LogP contribution in [0.25, 0.3) is 0 Å². The quantitative estimate of drug-likeness (QED) is 0.926. The molecule has 1 aromatic rings. The molecular formula is C17H26N2O2S. The molecule has 1 N–H and O–H groups in total. The summed E-state index contributed by atoms with van der Waals surface area (Å²) in [5.74, 6) is 0.802. The fraction of sp³-hybridized carbons (Fsp3) is 0.765. The first-order valence-corrected chi connectivity index (χ1v) is 9.08. The average Bonchev–Trinajstić information content (AvgIpc) is 2.94. The molecular weight excluding hydrogens is 296 g/mol. The van der Waals surface area contributed by atoms with Crippen LogP contribution in [0, 0.1) is 23.7 Å². The van der Waals surface area contributed by atoms with Crippen LogP contribution in [-0.2, 0) is 11.3 Å². The Labute approximate surface area is 135 Å². The van der Waals surface area contributed by atoms with E-state index in [1.165, 1.54) is 24.2 Å². The largest absolute Gasteiger partial charge is 0.353 e. The van der Waals surface area contributed by atoms with E-state index in [2.05, 4.69) is 26.1 Å². The zero-order valence-electron chi connectivity index (χ0n) is 13.9. The van der Waals surface area contributed by atoms with Crippen molar-refractivity contribution in [3.8, 4) is 0 Å². The van der Waals surface area contributed by atoms with Crippen molar-refractivity contribution < 1.29 is 4.79 Å². The molecule has 1 heterocycles. The number of aryl methyl sites for hydroxylation is 1. The monoisotopic (exact) mass is 322 g/mol. The predicted octanol–water partition coefficient (Wildman–Crippen LogP) is 2.94. The summed E-state index contributed by atoms with van der Waals surface area (Å²) in [6, 6.07) is 0.286. The minimum Gasteiger partial charge on any atom is -0.353 e. The average molecular weight is 322 g/mol. The topological polar surface area (TPSA) is 51.1 Å². The van der Waals surface area contributed by atoms with E-state index in [0.29, 0.717) is 18.4 Å². The highest BCUT2D eigenvalue weighted by atomic mass is 32.1. The SMILES string of the molecule is Cc1csc(=O)n1CCC(=O)NC1CC2CCC1(C)C2(C)C. The highest BCUT2D eigenvalue weighted by molar-refractivity contribution is 7.07. The molecule has 2 bridgehead atoms. The number of rotatable bonds is 4. The highest BCUT2D eigenvalue weighted by Gasteiger charge is 2.61. The number of thiazole rings is 1. The van der Waals surface area contributed by atoms with Gasteiger partial charge in [-0.15, -0.1) is 0 Å². The molecule has 0 spiro atoms. The molecule has 22 heavy (non-hydrogen) atoms. The van der Waals surface area contributed by atoms with Gasteiger partial charge in [0.05, 0.1) is 0 Å². The lowest BCUT2D eigenvalue weighted by molar-refractivity contribution is -0.123. The van der Waals surface area contributed by atoms with Crippen LogP contribution in [0.1, 0.15) is 52.1 Å². The number of nitrogens with one attached hydrogen (secondary N) is 1. The van der Waals surface area contributed by atoms with Gasteiger partial charge >= 0.3 is 4.87 Å². The Balaban J connectivity index is 1.61. The summed E-state index contributed by atoms with van der Waals surface area (Å²) in [4.78, 5) is 24.0. The molecule has 4 nitrogen and oxygen atoms in total. The second-order valence-electron chi connectivity index (χ2n) is 7.78. The number of amides is 1. The number of hydrogen-bond acceptors (Lipinski definition) is 3. The molecule has 2 aliphatic rings. The van der Waals surface area contributed by atoms with Gasteiger partial charge in [-0.1, -0.05) is 32.1 Å². The fourth-order valence-corrected chi connectivity index (χ4v) is 5.34. The molecule has 1 aromatic heterocycles. The second kappa shape index (κ2) is 5.22. The van der Waals surface area contributed by atoms with Crippen LogP contribution in [0.4, 0.5) is 0 Å². The zero-order valence-corrected chi connectivity index (χ0v) is 14.8. The standard InChI is InChI=1S/C17H26N2O2S/c1-11-10-22-15(21)19(11)8-6-14(20)18-13-9-12-5-7-17(13,4)16(12,2)3/h10,12-13H,5-9H2,1-4H3,(H,18,20). The van der Waals surface area contributed by atoms with E-state index >= 15 is 0 Å². The van der Waals surface area contributed by atoms with E-state index in [-0.39, 0.29) is 22.2 Å². The van der Waals surface area contributed by atoms with Crippen LogP contribution in [0.15, 0.2) is 10.2 Å². The van der Waals surface area contributed by atoms with Crippen molar-refractivity contribution in [2.24, 2.45) is 16.7 Å². The zero-order chi connectivity index (χ0) is 16.1. The molecule has 2 fully saturated rings. The Bertz CT molecular complexity index is 645. The lowest BCUT2D eigenvalue weighted by Crippen LogP contribution is -2.47. The number of nitrogens with zero attached hydrogens (tertiary/aromatic N) is 1. The third-order valence-electron chi connectivity index (χ3n) is 6.67. The number of hydrogen-bond donors (Lipinski definition) is 1. The van der Waals surface area contributed by atoms with E-state index in [1.807, 2.05) is 12.3 Å². The number of fused-ring (bicyclic) bond motifs is 2. The molecule has 2 aliphatic carbocycles. The van der Waals surface area contributed by atoms with E-state index in [9.17, 15) is 9.59 Å². The summed E-state index contributed by atoms with van der Waals surface area (Å²) in [5.41, 5.74) is 1.46. The van der Waals surface area contributed by atoms with Gasteiger partial charge in [0, 0.05) is 30.1 Å². The first kappa shape index (κ1) is 15.8. The van der Waals surface area contributed by atoms with Crippen molar-refractivity contribution in [3.05, 3.63) is 20.7 Å². The van der Waals surface area contributed by atoms with Crippen molar-refractivity contribution >= 4 is 17.2 Å². The molecule has 3 unspecified atom stereocenters. The summed E-state index contributed by atoms with van der Waals surface area (Å²) < 4.78 is 1.69. The molecule has 3 atom stereocenters. The molecule has 3 rings (SSSR count). The normalized spacial score (nSPS) is 32.4. The Kier molecular flexibility index (Phi) is 3.75. The van der Waals surface area contributed by atoms with Gasteiger partial charge in [-0.3, -0.25) is 9.59 Å². The van der Waals surface area contributed by atoms with Crippen molar-refractivity contribution in [1.29, 1.82) is 0 Å². The van der Waals surface area contributed by atoms with Crippen LogP contribution in [0.2, 0.25) is 0 Å². The van der Waals surface area contributed by atoms with Crippen molar-refractivity contribution in [1.82, 2.24) is 9.88 Å². The first-order chi connectivity index (χ1) is 10.3. The smallest absolute Gasteiger partial charge is 0.307 e. The van der Waals surface area contributed by atoms with Gasteiger partial charge in [0.15, 0.2) is 0 Å². The second-order valence-corrected chi connectivity index (χ2v) is 8.60. The summed E-state index contributed by atoms with van der Waals surface area (Å²) in [5, 5.41) is 5.10. The van der Waals surface area contributed by atoms with Crippen molar-refractivity contribution in [2.75, 3.05) is 0 Å². The van der Waals surface area contributed by atoms with Crippen LogP contribution in [-0.4, -0.2) is 16.5 Å². The van der Waals surface area contributed by atoms with Crippen LogP contribution in [0.5, 0.6) is 0 Å². The summed E-state index contributed by atoms with van der Waals surface area (Å²) >= 11 is 1.20. The Morgan fingerprint density at radius 1 is 1.45 bits per heavy atom. The van der Waals surface area contributed by atoms with Crippen molar-refractivity contribution in [2.45, 2.75) is 66.0 Å². The molecule has 1 amide bonds. The molecule has 0 aliphatic heterocycles. The maximum atomic E-state index is 12.3. The number of carbonyl (C=O) groups is 1. The molecule has 122 valence electrons. The summed E-state index contributed by atoms with van der Waals surface area (Å²) in [6.45, 7) is 9.43. The van der Waals surface area contributed by atoms with Gasteiger partial charge in [0.2, 0.25) is 5.91 Å². The van der Waals surface area contributed by atoms with Gasteiger partial charge < -0.3 is 9.88 Å². The maximum Gasteiger partial charge on any atom is 0.307 e. The Morgan fingerprint density at radius 2 is 2.18 bits per heavy atom. The fourth-order valence-electron chi connectivity index (χ4n) is 4.58. The Hall–Kier alpha value is -1.10. The highest BCUT2D eigenvalue weighted by Crippen LogP contribution is 2.65. The molecule has 0 saturated heterocycles. The minimum atomic E-state index is 0.0262. The van der Waals surface area contributed by atoms with Crippen LogP contribution >= 0.6 is 11.3 Å². The summed E-state index contributed by atoms with van der Waals surface area (Å²) in [7, 11) is 0. The first-order valence-electron chi connectivity index (χ1n) is 8.20. The number of aromatic nitrogens is 1. The maximum absolute atomic E-state index is 12.3. The van der Waals surface area contributed by atoms with E-state index in [0.717, 1.165) is 18.0 Å². The van der Waals surface area contributed by atoms with Crippen LogP contribution < -0.4 is 10.2 Å². The lowest BCUT2D eigenvalue weighted by atomic mass is 9.69. The molecule has 0 radical (unpaired) electrons. The van der Waals surface area contributed by atoms with Gasteiger partial charge in [0.25, 0.3) is 0 Å². The Morgan fingerprint density at radius 3 is 2.68 bits per heavy atom.